The number of benzene rings is 2. The molecule has 0 amide bonds. The van der Waals surface area contributed by atoms with E-state index < -0.39 is 0 Å². The van der Waals surface area contributed by atoms with Gasteiger partial charge in [-0.15, -0.1) is 0 Å². The van der Waals surface area contributed by atoms with Gasteiger partial charge in [-0.05, 0) is 50.1 Å². The van der Waals surface area contributed by atoms with Crippen LogP contribution in [-0.4, -0.2) is 37.8 Å². The van der Waals surface area contributed by atoms with E-state index in [0.717, 1.165) is 42.6 Å². The molecule has 136 valence electrons. The van der Waals surface area contributed by atoms with Crippen LogP contribution < -0.4 is 14.5 Å². The van der Waals surface area contributed by atoms with Crippen LogP contribution in [0.4, 0.5) is 10.8 Å². The van der Waals surface area contributed by atoms with Gasteiger partial charge >= 0.3 is 0 Å². The number of hydrogen-bond donors (Lipinski definition) is 0. The lowest BCUT2D eigenvalue weighted by molar-refractivity contribution is 0.344. The van der Waals surface area contributed by atoms with Crippen molar-refractivity contribution in [2.24, 2.45) is 0 Å². The van der Waals surface area contributed by atoms with Gasteiger partial charge in [-0.1, -0.05) is 29.5 Å². The molecule has 0 radical (unpaired) electrons. The maximum atomic E-state index is 5.74. The van der Waals surface area contributed by atoms with Crippen molar-refractivity contribution in [3.05, 3.63) is 47.5 Å². The number of piperazine rings is 1. The number of para-hydroxylation sites is 1. The fourth-order valence-electron chi connectivity index (χ4n) is 3.52. The molecule has 2 heterocycles. The van der Waals surface area contributed by atoms with Gasteiger partial charge in [0.25, 0.3) is 0 Å². The van der Waals surface area contributed by atoms with Crippen LogP contribution in [0.2, 0.25) is 0 Å². The molecule has 0 unspecified atom stereocenters. The Kier molecular flexibility index (Phi) is 4.72. The van der Waals surface area contributed by atoms with E-state index in [9.17, 15) is 0 Å². The molecule has 0 bridgehead atoms. The highest BCUT2D eigenvalue weighted by molar-refractivity contribution is 7.22. The van der Waals surface area contributed by atoms with Gasteiger partial charge in [0.15, 0.2) is 5.13 Å². The summed E-state index contributed by atoms with van der Waals surface area (Å²) in [6, 6.07) is 12.9. The first-order valence-electron chi connectivity index (χ1n) is 9.25. The third-order valence-electron chi connectivity index (χ3n) is 4.93. The van der Waals surface area contributed by atoms with Crippen LogP contribution in [0.25, 0.3) is 10.2 Å². The summed E-state index contributed by atoms with van der Waals surface area (Å²) < 4.78 is 6.93. The molecule has 4 rings (SSSR count). The van der Waals surface area contributed by atoms with Crippen molar-refractivity contribution in [3.63, 3.8) is 0 Å². The van der Waals surface area contributed by atoms with Crippen molar-refractivity contribution in [2.45, 2.75) is 20.8 Å². The lowest BCUT2D eigenvalue weighted by atomic mass is 10.1. The lowest BCUT2D eigenvalue weighted by Crippen LogP contribution is -2.46. The third kappa shape index (κ3) is 3.23. The molecule has 3 aromatic rings. The highest BCUT2D eigenvalue weighted by atomic mass is 32.1. The molecular formula is C21H25N3OS. The van der Waals surface area contributed by atoms with Crippen molar-refractivity contribution >= 4 is 32.4 Å². The lowest BCUT2D eigenvalue weighted by Gasteiger charge is -2.36. The number of nitrogens with zero attached hydrogens (tertiary/aromatic N) is 3. The first kappa shape index (κ1) is 17.2. The number of aromatic nitrogens is 1. The van der Waals surface area contributed by atoms with Gasteiger partial charge in [0.2, 0.25) is 0 Å². The van der Waals surface area contributed by atoms with E-state index in [2.05, 4.69) is 47.9 Å². The van der Waals surface area contributed by atoms with Crippen LogP contribution in [-0.2, 0) is 0 Å². The number of fused-ring (bicyclic) bond motifs is 1. The maximum Gasteiger partial charge on any atom is 0.186 e. The zero-order valence-electron chi connectivity index (χ0n) is 15.7. The van der Waals surface area contributed by atoms with E-state index in [4.69, 9.17) is 9.72 Å². The summed E-state index contributed by atoms with van der Waals surface area (Å²) in [6.45, 7) is 11.1. The Morgan fingerprint density at radius 3 is 2.58 bits per heavy atom. The van der Waals surface area contributed by atoms with Crippen LogP contribution in [0.1, 0.15) is 18.1 Å². The van der Waals surface area contributed by atoms with Crippen LogP contribution in [0.5, 0.6) is 5.75 Å². The highest BCUT2D eigenvalue weighted by Gasteiger charge is 2.21. The van der Waals surface area contributed by atoms with Gasteiger partial charge in [-0.2, -0.15) is 0 Å². The van der Waals surface area contributed by atoms with Crippen LogP contribution in [0.3, 0.4) is 0 Å². The number of rotatable bonds is 4. The van der Waals surface area contributed by atoms with E-state index in [1.54, 1.807) is 11.3 Å². The van der Waals surface area contributed by atoms with Crippen molar-refractivity contribution in [1.82, 2.24) is 4.98 Å². The number of hydrogen-bond acceptors (Lipinski definition) is 5. The van der Waals surface area contributed by atoms with Gasteiger partial charge in [0.05, 0.1) is 11.3 Å². The summed E-state index contributed by atoms with van der Waals surface area (Å²) in [4.78, 5) is 9.79. The monoisotopic (exact) mass is 367 g/mol. The van der Waals surface area contributed by atoms with Gasteiger partial charge < -0.3 is 14.5 Å². The largest absolute Gasteiger partial charge is 0.492 e. The molecule has 0 aliphatic carbocycles. The van der Waals surface area contributed by atoms with Gasteiger partial charge in [0, 0.05) is 31.9 Å². The zero-order valence-corrected chi connectivity index (χ0v) is 16.5. The van der Waals surface area contributed by atoms with Crippen molar-refractivity contribution in [1.29, 1.82) is 0 Å². The molecule has 26 heavy (non-hydrogen) atoms. The highest BCUT2D eigenvalue weighted by Crippen LogP contribution is 2.35. The predicted molar refractivity (Wildman–Crippen MR) is 111 cm³/mol. The van der Waals surface area contributed by atoms with E-state index in [0.29, 0.717) is 6.61 Å². The van der Waals surface area contributed by atoms with Crippen LogP contribution >= 0.6 is 11.3 Å². The minimum Gasteiger partial charge on any atom is -0.492 e. The summed E-state index contributed by atoms with van der Waals surface area (Å²) in [6.07, 6.45) is 0. The summed E-state index contributed by atoms with van der Waals surface area (Å²) >= 11 is 1.76. The Labute approximate surface area is 159 Å². The summed E-state index contributed by atoms with van der Waals surface area (Å²) in [5.41, 5.74) is 5.03. The molecule has 2 aromatic carbocycles. The predicted octanol–water partition coefficient (Wildman–Crippen LogP) is 4.64. The smallest absolute Gasteiger partial charge is 0.186 e. The van der Waals surface area contributed by atoms with Crippen LogP contribution in [0.15, 0.2) is 36.4 Å². The SMILES string of the molecule is CCOc1cccc2sc(N3CCN(c4cc(C)ccc4C)CC3)nc12. The van der Waals surface area contributed by atoms with E-state index in [-0.39, 0.29) is 0 Å². The van der Waals surface area contributed by atoms with Gasteiger partial charge in [0.1, 0.15) is 11.3 Å². The van der Waals surface area contributed by atoms with Crippen LogP contribution in [0, 0.1) is 13.8 Å². The topological polar surface area (TPSA) is 28.6 Å². The quantitative estimate of drug-likeness (QED) is 0.672. The van der Waals surface area contributed by atoms with E-state index in [1.807, 2.05) is 19.1 Å². The maximum absolute atomic E-state index is 5.74. The minimum absolute atomic E-state index is 0.667. The van der Waals surface area contributed by atoms with Crippen molar-refractivity contribution < 1.29 is 4.74 Å². The fourth-order valence-corrected chi connectivity index (χ4v) is 4.55. The average molecular weight is 368 g/mol. The van der Waals surface area contributed by atoms with Crippen molar-refractivity contribution in [3.8, 4) is 5.75 Å². The molecule has 4 nitrogen and oxygen atoms in total. The molecule has 0 N–H and O–H groups in total. The van der Waals surface area contributed by atoms with E-state index >= 15 is 0 Å². The zero-order chi connectivity index (χ0) is 18.1. The number of anilines is 2. The second-order valence-electron chi connectivity index (χ2n) is 6.80. The summed E-state index contributed by atoms with van der Waals surface area (Å²) in [5, 5.41) is 1.10. The molecule has 1 aromatic heterocycles. The number of ether oxygens (including phenoxy) is 1. The minimum atomic E-state index is 0.667. The Morgan fingerprint density at radius 1 is 1.04 bits per heavy atom. The Morgan fingerprint density at radius 2 is 1.81 bits per heavy atom. The van der Waals surface area contributed by atoms with Gasteiger partial charge in [-0.3, -0.25) is 0 Å². The third-order valence-corrected chi connectivity index (χ3v) is 6.01. The first-order valence-corrected chi connectivity index (χ1v) is 10.1. The van der Waals surface area contributed by atoms with E-state index in [1.165, 1.54) is 21.5 Å². The molecule has 1 saturated heterocycles. The van der Waals surface area contributed by atoms with Gasteiger partial charge in [-0.25, -0.2) is 4.98 Å². The second-order valence-corrected chi connectivity index (χ2v) is 7.81. The molecule has 5 heteroatoms. The standard InChI is InChI=1S/C21H25N3OS/c1-4-25-18-6-5-7-19-20(18)22-21(26-19)24-12-10-23(11-13-24)17-14-15(2)8-9-16(17)3/h5-9,14H,4,10-13H2,1-3H3. The molecule has 1 aliphatic heterocycles. The summed E-state index contributed by atoms with van der Waals surface area (Å²) in [7, 11) is 0. The molecule has 1 fully saturated rings. The normalized spacial score (nSPS) is 14.9. The summed E-state index contributed by atoms with van der Waals surface area (Å²) in [5.74, 6) is 0.890. The second kappa shape index (κ2) is 7.16. The Balaban J connectivity index is 1.52. The molecule has 0 atom stereocenters. The fraction of sp³-hybridized carbons (Fsp3) is 0.381. The average Bonchev–Trinajstić information content (AvgIpc) is 3.09. The Hall–Kier alpha value is -2.27. The molecular weight excluding hydrogens is 342 g/mol. The number of thiazole rings is 1. The molecule has 0 spiro atoms. The molecule has 0 saturated carbocycles. The van der Waals surface area contributed by atoms with Crippen molar-refractivity contribution in [2.75, 3.05) is 42.6 Å². The molecule has 1 aliphatic rings. The Bertz CT molecular complexity index is 913. The first-order chi connectivity index (χ1) is 12.7. The number of aryl methyl sites for hydroxylation is 2.